The molecule has 0 radical (unpaired) electrons. The minimum atomic E-state index is 0.195. The summed E-state index contributed by atoms with van der Waals surface area (Å²) in [7, 11) is 0. The van der Waals surface area contributed by atoms with Crippen LogP contribution in [0.3, 0.4) is 0 Å². The molecule has 1 atom stereocenters. The van der Waals surface area contributed by atoms with Gasteiger partial charge in [0.25, 0.3) is 0 Å². The second-order valence-corrected chi connectivity index (χ2v) is 7.53. The van der Waals surface area contributed by atoms with E-state index in [0.29, 0.717) is 5.41 Å². The van der Waals surface area contributed by atoms with Gasteiger partial charge in [-0.05, 0) is 61.7 Å². The van der Waals surface area contributed by atoms with Gasteiger partial charge in [-0.15, -0.1) is 10.2 Å². The molecule has 1 aromatic rings. The first-order valence-electron chi connectivity index (χ1n) is 8.23. The van der Waals surface area contributed by atoms with E-state index in [2.05, 4.69) is 10.2 Å². The Hall–Kier alpha value is -0.900. The number of nitrogens with two attached hydrogens (primary N) is 1. The van der Waals surface area contributed by atoms with Crippen LogP contribution in [0.1, 0.15) is 57.2 Å². The molecule has 1 unspecified atom stereocenters. The van der Waals surface area contributed by atoms with Crippen molar-refractivity contribution >= 4 is 0 Å². The first-order chi connectivity index (χ1) is 9.67. The Morgan fingerprint density at radius 3 is 2.15 bits per heavy atom. The molecule has 0 saturated heterocycles. The van der Waals surface area contributed by atoms with E-state index in [1.54, 1.807) is 0 Å². The lowest BCUT2D eigenvalue weighted by molar-refractivity contribution is -0.0676. The van der Waals surface area contributed by atoms with Gasteiger partial charge < -0.3 is 10.2 Å². The molecule has 0 aromatic carbocycles. The zero-order valence-electron chi connectivity index (χ0n) is 12.3. The third-order valence-corrected chi connectivity index (χ3v) is 6.08. The molecule has 4 aliphatic rings. The van der Waals surface area contributed by atoms with E-state index in [0.717, 1.165) is 42.4 Å². The lowest BCUT2D eigenvalue weighted by Crippen LogP contribution is -2.55. The molecule has 2 N–H and O–H groups in total. The molecular weight excluding hydrogens is 250 g/mol. The van der Waals surface area contributed by atoms with E-state index >= 15 is 0 Å². The van der Waals surface area contributed by atoms with E-state index in [9.17, 15) is 0 Å². The Balaban J connectivity index is 1.51. The highest BCUT2D eigenvalue weighted by molar-refractivity contribution is 5.07. The van der Waals surface area contributed by atoms with Crippen LogP contribution in [0.5, 0.6) is 0 Å². The molecule has 1 heterocycles. The lowest BCUT2D eigenvalue weighted by atomic mass is 9.47. The second-order valence-electron chi connectivity index (χ2n) is 7.53. The molecule has 4 bridgehead atoms. The molecule has 0 amide bonds. The summed E-state index contributed by atoms with van der Waals surface area (Å²) in [5.74, 6) is 4.31. The predicted molar refractivity (Wildman–Crippen MR) is 76.0 cm³/mol. The minimum absolute atomic E-state index is 0.195. The normalized spacial score (nSPS) is 40.2. The third-order valence-electron chi connectivity index (χ3n) is 6.08. The monoisotopic (exact) mass is 275 g/mol. The van der Waals surface area contributed by atoms with E-state index in [1.807, 2.05) is 6.92 Å². The first kappa shape index (κ1) is 12.8. The maximum Gasteiger partial charge on any atom is 0.218 e. The maximum atomic E-state index is 6.63. The van der Waals surface area contributed by atoms with E-state index < -0.39 is 0 Å². The summed E-state index contributed by atoms with van der Waals surface area (Å²) in [4.78, 5) is 0. The summed E-state index contributed by atoms with van der Waals surface area (Å²) in [6, 6.07) is 0.195. The van der Waals surface area contributed by atoms with Crippen LogP contribution in [0.15, 0.2) is 4.42 Å². The fourth-order valence-electron chi connectivity index (χ4n) is 5.55. The summed E-state index contributed by atoms with van der Waals surface area (Å²) in [6.45, 7) is 2.04. The SMILES string of the molecule is CCc1nnc(CC(N)C23CC4CC(CC(C4)C2)C3)o1. The Morgan fingerprint density at radius 1 is 1.10 bits per heavy atom. The van der Waals surface area contributed by atoms with E-state index in [-0.39, 0.29) is 6.04 Å². The van der Waals surface area contributed by atoms with E-state index in [1.165, 1.54) is 38.5 Å². The van der Waals surface area contributed by atoms with Crippen molar-refractivity contribution in [2.24, 2.45) is 28.9 Å². The van der Waals surface area contributed by atoms with Crippen molar-refractivity contribution in [2.45, 2.75) is 64.3 Å². The van der Waals surface area contributed by atoms with Gasteiger partial charge in [-0.2, -0.15) is 0 Å². The molecule has 4 fully saturated rings. The Morgan fingerprint density at radius 2 is 1.65 bits per heavy atom. The molecule has 20 heavy (non-hydrogen) atoms. The highest BCUT2D eigenvalue weighted by Crippen LogP contribution is 2.61. The lowest BCUT2D eigenvalue weighted by Gasteiger charge is -2.58. The van der Waals surface area contributed by atoms with Crippen molar-refractivity contribution in [3.8, 4) is 0 Å². The molecule has 1 aromatic heterocycles. The summed E-state index contributed by atoms with van der Waals surface area (Å²) < 4.78 is 5.66. The topological polar surface area (TPSA) is 64.9 Å². The third kappa shape index (κ3) is 2.00. The molecule has 4 aliphatic carbocycles. The van der Waals surface area contributed by atoms with Crippen LogP contribution in [0.25, 0.3) is 0 Å². The fraction of sp³-hybridized carbons (Fsp3) is 0.875. The van der Waals surface area contributed by atoms with E-state index in [4.69, 9.17) is 10.2 Å². The summed E-state index contributed by atoms with van der Waals surface area (Å²) in [6.07, 6.45) is 9.99. The molecule has 4 saturated carbocycles. The van der Waals surface area contributed by atoms with Gasteiger partial charge in [0.05, 0.1) is 0 Å². The van der Waals surface area contributed by atoms with Gasteiger partial charge >= 0.3 is 0 Å². The number of nitrogens with zero attached hydrogens (tertiary/aromatic N) is 2. The van der Waals surface area contributed by atoms with Crippen molar-refractivity contribution in [3.05, 3.63) is 11.8 Å². The molecule has 4 heteroatoms. The standard InChI is InChI=1S/C16H25N3O/c1-2-14-18-19-15(20-14)6-13(17)16-7-10-3-11(8-16)5-12(4-10)9-16/h10-13H,2-9,17H2,1H3. The minimum Gasteiger partial charge on any atom is -0.425 e. The van der Waals surface area contributed by atoms with Crippen LogP contribution in [-0.4, -0.2) is 16.2 Å². The van der Waals surface area contributed by atoms with Crippen LogP contribution in [0, 0.1) is 23.2 Å². The van der Waals surface area contributed by atoms with Crippen molar-refractivity contribution in [3.63, 3.8) is 0 Å². The number of hydrogen-bond donors (Lipinski definition) is 1. The van der Waals surface area contributed by atoms with Crippen LogP contribution >= 0.6 is 0 Å². The van der Waals surface area contributed by atoms with Crippen molar-refractivity contribution in [1.82, 2.24) is 10.2 Å². The number of aryl methyl sites for hydroxylation is 1. The highest BCUT2D eigenvalue weighted by atomic mass is 16.4. The summed E-state index contributed by atoms with van der Waals surface area (Å²) in [5, 5.41) is 8.22. The molecule has 0 aliphatic heterocycles. The van der Waals surface area contributed by atoms with Gasteiger partial charge in [-0.3, -0.25) is 0 Å². The van der Waals surface area contributed by atoms with Crippen LogP contribution in [0.2, 0.25) is 0 Å². The number of aromatic nitrogens is 2. The zero-order valence-corrected chi connectivity index (χ0v) is 12.3. The summed E-state index contributed by atoms with van der Waals surface area (Å²) >= 11 is 0. The predicted octanol–water partition coefficient (Wildman–Crippen LogP) is 2.72. The number of hydrogen-bond acceptors (Lipinski definition) is 4. The smallest absolute Gasteiger partial charge is 0.218 e. The quantitative estimate of drug-likeness (QED) is 0.917. The van der Waals surface area contributed by atoms with Gasteiger partial charge in [0.15, 0.2) is 0 Å². The van der Waals surface area contributed by atoms with Crippen LogP contribution in [-0.2, 0) is 12.8 Å². The number of rotatable bonds is 4. The van der Waals surface area contributed by atoms with Gasteiger partial charge in [-0.25, -0.2) is 0 Å². The second kappa shape index (κ2) is 4.55. The zero-order chi connectivity index (χ0) is 13.7. The molecule has 0 spiro atoms. The molecule has 110 valence electrons. The maximum absolute atomic E-state index is 6.63. The largest absolute Gasteiger partial charge is 0.425 e. The van der Waals surface area contributed by atoms with Crippen LogP contribution < -0.4 is 5.73 Å². The van der Waals surface area contributed by atoms with Crippen molar-refractivity contribution in [1.29, 1.82) is 0 Å². The Kier molecular flexibility index (Phi) is 2.92. The Labute approximate surface area is 120 Å². The molecule has 5 rings (SSSR count). The van der Waals surface area contributed by atoms with Gasteiger partial charge in [0.2, 0.25) is 11.8 Å². The molecule has 4 nitrogen and oxygen atoms in total. The fourth-order valence-corrected chi connectivity index (χ4v) is 5.55. The molecular formula is C16H25N3O. The van der Waals surface area contributed by atoms with Crippen molar-refractivity contribution in [2.75, 3.05) is 0 Å². The Bertz CT molecular complexity index is 460. The van der Waals surface area contributed by atoms with Gasteiger partial charge in [-0.1, -0.05) is 6.92 Å². The first-order valence-corrected chi connectivity index (χ1v) is 8.23. The summed E-state index contributed by atoms with van der Waals surface area (Å²) in [5.41, 5.74) is 7.00. The average molecular weight is 275 g/mol. The average Bonchev–Trinajstić information content (AvgIpc) is 2.85. The van der Waals surface area contributed by atoms with Gasteiger partial charge in [0.1, 0.15) is 0 Å². The van der Waals surface area contributed by atoms with Gasteiger partial charge in [0, 0.05) is 18.9 Å². The highest BCUT2D eigenvalue weighted by Gasteiger charge is 2.53. The van der Waals surface area contributed by atoms with Crippen molar-refractivity contribution < 1.29 is 4.42 Å². The van der Waals surface area contributed by atoms with Crippen LogP contribution in [0.4, 0.5) is 0 Å².